The Morgan fingerprint density at radius 3 is 2.25 bits per heavy atom. The fourth-order valence-electron chi connectivity index (χ4n) is 2.70. The van der Waals surface area contributed by atoms with Gasteiger partial charge >= 0.3 is 0 Å². The van der Waals surface area contributed by atoms with Crippen LogP contribution >= 0.6 is 0 Å². The number of aromatic nitrogens is 2. The number of aryl methyl sites for hydroxylation is 2. The van der Waals surface area contributed by atoms with Crippen LogP contribution in [-0.4, -0.2) is 34.9 Å². The van der Waals surface area contributed by atoms with E-state index in [1.165, 1.54) is 12.1 Å². The van der Waals surface area contributed by atoms with Gasteiger partial charge in [-0.05, 0) is 49.7 Å². The second-order valence-corrected chi connectivity index (χ2v) is 6.51. The van der Waals surface area contributed by atoms with E-state index < -0.39 is 0 Å². The first-order valence-electron chi connectivity index (χ1n) is 8.97. The van der Waals surface area contributed by atoms with Gasteiger partial charge in [-0.1, -0.05) is 12.1 Å². The number of hydrogen-bond donors (Lipinski definition) is 2. The Kier molecular flexibility index (Phi) is 5.93. The number of hydrogen-bond acceptors (Lipinski definition) is 4. The summed E-state index contributed by atoms with van der Waals surface area (Å²) < 4.78 is 12.9. The maximum Gasteiger partial charge on any atom is 0.251 e. The predicted molar refractivity (Wildman–Crippen MR) is 104 cm³/mol. The van der Waals surface area contributed by atoms with Gasteiger partial charge in [-0.2, -0.15) is 0 Å². The third-order valence-electron chi connectivity index (χ3n) is 4.35. The van der Waals surface area contributed by atoms with E-state index in [0.29, 0.717) is 24.2 Å². The Morgan fingerprint density at radius 2 is 1.54 bits per heavy atom. The maximum absolute atomic E-state index is 12.9. The highest BCUT2D eigenvalue weighted by molar-refractivity contribution is 5.97. The lowest BCUT2D eigenvalue weighted by molar-refractivity contribution is -0.120. The molecule has 6 nitrogen and oxygen atoms in total. The Balaban J connectivity index is 1.48. The molecule has 3 rings (SSSR count). The fourth-order valence-corrected chi connectivity index (χ4v) is 2.70. The largest absolute Gasteiger partial charge is 0.354 e. The van der Waals surface area contributed by atoms with E-state index >= 15 is 0 Å². The van der Waals surface area contributed by atoms with E-state index in [2.05, 4.69) is 20.6 Å². The zero-order valence-corrected chi connectivity index (χ0v) is 15.8. The molecule has 0 saturated carbocycles. The standard InChI is InChI=1S/C21H21FN4O2/c1-13-14(2)26-19-12-16(5-8-18(19)25-13)21(28)24-10-9-23-20(27)11-15-3-6-17(22)7-4-15/h3-8,12H,9-11H2,1-2H3,(H,23,27)(H,24,28). The van der Waals surface area contributed by atoms with Gasteiger partial charge in [0.05, 0.1) is 28.8 Å². The van der Waals surface area contributed by atoms with E-state index in [4.69, 9.17) is 0 Å². The molecule has 0 unspecified atom stereocenters. The summed E-state index contributed by atoms with van der Waals surface area (Å²) in [7, 11) is 0. The topological polar surface area (TPSA) is 84.0 Å². The van der Waals surface area contributed by atoms with E-state index in [1.807, 2.05) is 13.8 Å². The van der Waals surface area contributed by atoms with Crippen molar-refractivity contribution in [1.82, 2.24) is 20.6 Å². The Bertz CT molecular complexity index is 1020. The Labute approximate surface area is 162 Å². The van der Waals surface area contributed by atoms with Crippen LogP contribution in [0.1, 0.15) is 27.3 Å². The Morgan fingerprint density at radius 1 is 0.893 bits per heavy atom. The van der Waals surface area contributed by atoms with Crippen LogP contribution in [0.15, 0.2) is 42.5 Å². The first-order chi connectivity index (χ1) is 13.4. The van der Waals surface area contributed by atoms with Crippen molar-refractivity contribution in [1.29, 1.82) is 0 Å². The SMILES string of the molecule is Cc1nc2ccc(C(=O)NCCNC(=O)Cc3ccc(F)cc3)cc2nc1C. The van der Waals surface area contributed by atoms with Crippen LogP contribution in [0.5, 0.6) is 0 Å². The van der Waals surface area contributed by atoms with Gasteiger partial charge in [-0.3, -0.25) is 9.59 Å². The van der Waals surface area contributed by atoms with Crippen molar-refractivity contribution < 1.29 is 14.0 Å². The summed E-state index contributed by atoms with van der Waals surface area (Å²) in [5, 5.41) is 5.49. The first kappa shape index (κ1) is 19.4. The minimum Gasteiger partial charge on any atom is -0.354 e. The van der Waals surface area contributed by atoms with Gasteiger partial charge in [0.25, 0.3) is 5.91 Å². The lowest BCUT2D eigenvalue weighted by Crippen LogP contribution is -2.35. The van der Waals surface area contributed by atoms with Crippen LogP contribution in [0.3, 0.4) is 0 Å². The third kappa shape index (κ3) is 4.88. The molecule has 3 aromatic rings. The van der Waals surface area contributed by atoms with Crippen molar-refractivity contribution in [3.05, 3.63) is 70.8 Å². The summed E-state index contributed by atoms with van der Waals surface area (Å²) in [6, 6.07) is 11.0. The van der Waals surface area contributed by atoms with Gasteiger partial charge < -0.3 is 10.6 Å². The molecule has 0 aliphatic carbocycles. The third-order valence-corrected chi connectivity index (χ3v) is 4.35. The van der Waals surface area contributed by atoms with E-state index in [9.17, 15) is 14.0 Å². The molecule has 7 heteroatoms. The molecule has 0 spiro atoms. The average molecular weight is 380 g/mol. The molecule has 0 radical (unpaired) electrons. The summed E-state index contributed by atoms with van der Waals surface area (Å²) in [5.74, 6) is -0.765. The van der Waals surface area contributed by atoms with E-state index in [0.717, 1.165) is 22.5 Å². The molecule has 1 aromatic heterocycles. The molecule has 0 bridgehead atoms. The number of carbonyl (C=O) groups excluding carboxylic acids is 2. The van der Waals surface area contributed by atoms with E-state index in [1.54, 1.807) is 30.3 Å². The molecule has 0 aliphatic rings. The minimum atomic E-state index is -0.336. The summed E-state index contributed by atoms with van der Waals surface area (Å²) in [6.07, 6.45) is 0.163. The van der Waals surface area contributed by atoms with Gasteiger partial charge in [0.1, 0.15) is 5.82 Å². The summed E-state index contributed by atoms with van der Waals surface area (Å²) in [6.45, 7) is 4.37. The zero-order valence-electron chi connectivity index (χ0n) is 15.8. The van der Waals surface area contributed by atoms with Gasteiger partial charge in [0, 0.05) is 18.7 Å². The molecule has 2 aromatic carbocycles. The highest BCUT2D eigenvalue weighted by Gasteiger charge is 2.09. The molecule has 28 heavy (non-hydrogen) atoms. The quantitative estimate of drug-likeness (QED) is 0.644. The zero-order chi connectivity index (χ0) is 20.1. The van der Waals surface area contributed by atoms with Crippen molar-refractivity contribution >= 4 is 22.8 Å². The summed E-state index contributed by atoms with van der Waals surface area (Å²) >= 11 is 0. The molecular weight excluding hydrogens is 359 g/mol. The molecule has 2 N–H and O–H groups in total. The molecule has 0 saturated heterocycles. The molecule has 2 amide bonds. The second kappa shape index (κ2) is 8.56. The van der Waals surface area contributed by atoms with Crippen molar-refractivity contribution in [2.45, 2.75) is 20.3 Å². The van der Waals surface area contributed by atoms with Crippen LogP contribution in [-0.2, 0) is 11.2 Å². The fraction of sp³-hybridized carbons (Fsp3) is 0.238. The van der Waals surface area contributed by atoms with Crippen LogP contribution in [0.2, 0.25) is 0 Å². The first-order valence-corrected chi connectivity index (χ1v) is 8.97. The van der Waals surface area contributed by atoms with Crippen molar-refractivity contribution in [2.75, 3.05) is 13.1 Å². The summed E-state index contributed by atoms with van der Waals surface area (Å²) in [5.41, 5.74) is 4.32. The van der Waals surface area contributed by atoms with Crippen molar-refractivity contribution in [3.63, 3.8) is 0 Å². The number of carbonyl (C=O) groups is 2. The lowest BCUT2D eigenvalue weighted by atomic mass is 10.1. The highest BCUT2D eigenvalue weighted by atomic mass is 19.1. The molecule has 1 heterocycles. The predicted octanol–water partition coefficient (Wildman–Crippen LogP) is 2.47. The van der Waals surface area contributed by atoms with Crippen LogP contribution in [0.25, 0.3) is 11.0 Å². The minimum absolute atomic E-state index is 0.163. The number of benzene rings is 2. The molecular formula is C21H21FN4O2. The lowest BCUT2D eigenvalue weighted by Gasteiger charge is -2.08. The summed E-state index contributed by atoms with van der Waals surface area (Å²) in [4.78, 5) is 33.1. The normalized spacial score (nSPS) is 10.7. The van der Waals surface area contributed by atoms with Gasteiger partial charge in [-0.25, -0.2) is 14.4 Å². The molecule has 144 valence electrons. The number of nitrogens with one attached hydrogen (secondary N) is 2. The second-order valence-electron chi connectivity index (χ2n) is 6.51. The van der Waals surface area contributed by atoms with E-state index in [-0.39, 0.29) is 24.1 Å². The smallest absolute Gasteiger partial charge is 0.251 e. The number of rotatable bonds is 6. The number of nitrogens with zero attached hydrogens (tertiary/aromatic N) is 2. The average Bonchev–Trinajstić information content (AvgIpc) is 2.67. The molecule has 0 atom stereocenters. The van der Waals surface area contributed by atoms with Gasteiger partial charge in [0.15, 0.2) is 0 Å². The van der Waals surface area contributed by atoms with Gasteiger partial charge in [0.2, 0.25) is 5.91 Å². The molecule has 0 fully saturated rings. The van der Waals surface area contributed by atoms with Crippen LogP contribution < -0.4 is 10.6 Å². The Hall–Kier alpha value is -3.35. The van der Waals surface area contributed by atoms with Gasteiger partial charge in [-0.15, -0.1) is 0 Å². The number of fused-ring (bicyclic) bond motifs is 1. The monoisotopic (exact) mass is 380 g/mol. The highest BCUT2D eigenvalue weighted by Crippen LogP contribution is 2.14. The molecule has 0 aliphatic heterocycles. The van der Waals surface area contributed by atoms with Crippen molar-refractivity contribution in [2.24, 2.45) is 0 Å². The van der Waals surface area contributed by atoms with Crippen LogP contribution in [0.4, 0.5) is 4.39 Å². The van der Waals surface area contributed by atoms with Crippen LogP contribution in [0, 0.1) is 19.7 Å². The van der Waals surface area contributed by atoms with Crippen molar-refractivity contribution in [3.8, 4) is 0 Å². The number of halogens is 1. The number of amides is 2. The maximum atomic E-state index is 12.9.